The Labute approximate surface area is 352 Å². The van der Waals surface area contributed by atoms with Gasteiger partial charge in [0, 0.05) is 10.8 Å². The molecule has 10 aromatic carbocycles. The molecular weight excluding hydrogens is 721 g/mol. The van der Waals surface area contributed by atoms with Gasteiger partial charge in [-0.05, 0) is 146 Å². The lowest BCUT2D eigenvalue weighted by atomic mass is 9.80. The van der Waals surface area contributed by atoms with Gasteiger partial charge < -0.3 is 0 Å². The van der Waals surface area contributed by atoms with E-state index in [2.05, 4.69) is 222 Å². The average molecular weight is 765 g/mol. The predicted octanol–water partition coefficient (Wildman–Crippen LogP) is 16.4. The molecule has 0 fully saturated rings. The van der Waals surface area contributed by atoms with Gasteiger partial charge in [-0.25, -0.2) is 0 Å². The summed E-state index contributed by atoms with van der Waals surface area (Å²) >= 11 is 0. The lowest BCUT2D eigenvalue weighted by molar-refractivity contribution is 0.660. The Balaban J connectivity index is 1.12. The second-order valence-corrected chi connectivity index (χ2v) is 18.0. The summed E-state index contributed by atoms with van der Waals surface area (Å²) in [5.41, 5.74) is 20.9. The van der Waals surface area contributed by atoms with E-state index in [1.54, 1.807) is 0 Å². The van der Waals surface area contributed by atoms with Crippen LogP contribution in [0.1, 0.15) is 49.9 Å². The van der Waals surface area contributed by atoms with Gasteiger partial charge in [0.05, 0.1) is 0 Å². The third-order valence-corrected chi connectivity index (χ3v) is 14.1. The van der Waals surface area contributed by atoms with Crippen LogP contribution in [-0.2, 0) is 10.8 Å². The zero-order valence-electron chi connectivity index (χ0n) is 34.5. The second kappa shape index (κ2) is 12.7. The van der Waals surface area contributed by atoms with Crippen molar-refractivity contribution in [2.45, 2.75) is 38.5 Å². The van der Waals surface area contributed by atoms with E-state index in [-0.39, 0.29) is 10.8 Å². The molecular formula is C60H44. The molecule has 10 aromatic rings. The van der Waals surface area contributed by atoms with Crippen molar-refractivity contribution in [2.24, 2.45) is 0 Å². The molecule has 0 nitrogen and oxygen atoms in total. The summed E-state index contributed by atoms with van der Waals surface area (Å²) in [5, 5.41) is 7.59. The fourth-order valence-electron chi connectivity index (χ4n) is 11.0. The van der Waals surface area contributed by atoms with Gasteiger partial charge in [0.25, 0.3) is 0 Å². The van der Waals surface area contributed by atoms with Crippen LogP contribution in [0.25, 0.3) is 99.1 Å². The fourth-order valence-corrected chi connectivity index (χ4v) is 11.0. The van der Waals surface area contributed by atoms with E-state index in [1.807, 2.05) is 0 Å². The van der Waals surface area contributed by atoms with Crippen molar-refractivity contribution in [3.8, 4) is 66.8 Å². The van der Waals surface area contributed by atoms with E-state index >= 15 is 0 Å². The van der Waals surface area contributed by atoms with Gasteiger partial charge in [0.15, 0.2) is 0 Å². The summed E-state index contributed by atoms with van der Waals surface area (Å²) in [5.74, 6) is 0. The molecule has 0 aliphatic heterocycles. The van der Waals surface area contributed by atoms with Crippen LogP contribution < -0.4 is 0 Å². The molecule has 0 atom stereocenters. The average Bonchev–Trinajstić information content (AvgIpc) is 3.67. The quantitative estimate of drug-likeness (QED) is 0.157. The summed E-state index contributed by atoms with van der Waals surface area (Å²) in [6.45, 7) is 9.50. The summed E-state index contributed by atoms with van der Waals surface area (Å²) in [7, 11) is 0. The van der Waals surface area contributed by atoms with E-state index in [0.717, 1.165) is 0 Å². The molecule has 0 heteroatoms. The molecule has 12 rings (SSSR count). The second-order valence-electron chi connectivity index (χ2n) is 18.0. The summed E-state index contributed by atoms with van der Waals surface area (Å²) in [4.78, 5) is 0. The molecule has 0 saturated heterocycles. The molecule has 0 N–H and O–H groups in total. The Morgan fingerprint density at radius 2 is 0.767 bits per heavy atom. The maximum Gasteiger partial charge on any atom is 0.0159 e. The minimum absolute atomic E-state index is 0.0577. The van der Waals surface area contributed by atoms with Crippen molar-refractivity contribution in [1.82, 2.24) is 0 Å². The van der Waals surface area contributed by atoms with E-state index in [0.29, 0.717) is 0 Å². The Morgan fingerprint density at radius 3 is 1.60 bits per heavy atom. The first-order chi connectivity index (χ1) is 29.3. The third-order valence-electron chi connectivity index (χ3n) is 14.1. The van der Waals surface area contributed by atoms with Gasteiger partial charge in [0.2, 0.25) is 0 Å². The molecule has 2 aliphatic rings. The van der Waals surface area contributed by atoms with Crippen molar-refractivity contribution in [2.75, 3.05) is 0 Å². The Bertz CT molecular complexity index is 3430. The maximum atomic E-state index is 2.47. The number of hydrogen-bond donors (Lipinski definition) is 0. The van der Waals surface area contributed by atoms with Crippen LogP contribution in [0.4, 0.5) is 0 Å². The first-order valence-electron chi connectivity index (χ1n) is 21.3. The van der Waals surface area contributed by atoms with Gasteiger partial charge in [-0.15, -0.1) is 0 Å². The number of rotatable bonds is 4. The highest BCUT2D eigenvalue weighted by Crippen LogP contribution is 2.55. The largest absolute Gasteiger partial charge is 0.0619 e. The van der Waals surface area contributed by atoms with Crippen LogP contribution in [0.3, 0.4) is 0 Å². The standard InChI is InChI=1S/C60H44/c1-59(2)53-25-12-10-22-49(53)58-50(23-14-26-54(58)59)57-47-21-8-7-20-46(47)56(48-32-30-41(35-51(48)57)40-28-27-37-15-5-6-16-38(37)33-40)43-18-13-17-39(34-43)42-29-31-45-44-19-9-11-24-52(44)60(3,4)55(45)36-42/h5-36H,1-4H3. The zero-order valence-corrected chi connectivity index (χ0v) is 34.5. The monoisotopic (exact) mass is 764 g/mol. The predicted molar refractivity (Wildman–Crippen MR) is 256 cm³/mol. The highest BCUT2D eigenvalue weighted by atomic mass is 14.4. The smallest absolute Gasteiger partial charge is 0.0159 e. The van der Waals surface area contributed by atoms with Crippen molar-refractivity contribution >= 4 is 32.3 Å². The van der Waals surface area contributed by atoms with Crippen LogP contribution in [-0.4, -0.2) is 0 Å². The van der Waals surface area contributed by atoms with Crippen LogP contribution >= 0.6 is 0 Å². The van der Waals surface area contributed by atoms with E-state index < -0.39 is 0 Å². The highest BCUT2D eigenvalue weighted by Gasteiger charge is 2.38. The maximum absolute atomic E-state index is 2.47. The van der Waals surface area contributed by atoms with E-state index in [4.69, 9.17) is 0 Å². The molecule has 284 valence electrons. The molecule has 0 saturated carbocycles. The SMILES string of the molecule is CC1(C)c2ccccc2-c2ccc(-c3cccc(-c4c5ccccc5c(-c5cccc6c5-c5ccccc5C6(C)C)c5cc(-c6ccc7ccccc7c6)ccc45)c3)cc21. The minimum Gasteiger partial charge on any atom is -0.0619 e. The van der Waals surface area contributed by atoms with Crippen LogP contribution in [0.2, 0.25) is 0 Å². The van der Waals surface area contributed by atoms with Crippen molar-refractivity contribution in [1.29, 1.82) is 0 Å². The zero-order chi connectivity index (χ0) is 40.3. The normalized spacial score (nSPS) is 14.3. The van der Waals surface area contributed by atoms with E-state index in [9.17, 15) is 0 Å². The topological polar surface area (TPSA) is 0 Å². The van der Waals surface area contributed by atoms with Crippen molar-refractivity contribution in [3.63, 3.8) is 0 Å². The van der Waals surface area contributed by atoms with Crippen LogP contribution in [0.15, 0.2) is 194 Å². The summed E-state index contributed by atoms with van der Waals surface area (Å²) < 4.78 is 0. The lowest BCUT2D eigenvalue weighted by Crippen LogP contribution is -2.14. The Hall–Kier alpha value is -7.02. The summed E-state index contributed by atoms with van der Waals surface area (Å²) in [6.07, 6.45) is 0. The molecule has 0 radical (unpaired) electrons. The van der Waals surface area contributed by atoms with Crippen LogP contribution in [0.5, 0.6) is 0 Å². The number of fused-ring (bicyclic) bond motifs is 9. The van der Waals surface area contributed by atoms with Gasteiger partial charge in [-0.1, -0.05) is 198 Å². The molecule has 0 bridgehead atoms. The highest BCUT2D eigenvalue weighted by molar-refractivity contribution is 6.23. The van der Waals surface area contributed by atoms with Gasteiger partial charge in [-0.3, -0.25) is 0 Å². The number of benzene rings is 10. The van der Waals surface area contributed by atoms with Crippen molar-refractivity contribution in [3.05, 3.63) is 216 Å². The number of hydrogen-bond acceptors (Lipinski definition) is 0. The molecule has 0 heterocycles. The van der Waals surface area contributed by atoms with Crippen LogP contribution in [0, 0.1) is 0 Å². The molecule has 0 aromatic heterocycles. The summed E-state index contributed by atoms with van der Waals surface area (Å²) in [6, 6.07) is 73.2. The van der Waals surface area contributed by atoms with Gasteiger partial charge in [-0.2, -0.15) is 0 Å². The van der Waals surface area contributed by atoms with E-state index in [1.165, 1.54) is 121 Å². The van der Waals surface area contributed by atoms with Gasteiger partial charge in [0.1, 0.15) is 0 Å². The minimum atomic E-state index is -0.0975. The lowest BCUT2D eigenvalue weighted by Gasteiger charge is -2.23. The third kappa shape index (κ3) is 4.98. The molecule has 0 spiro atoms. The van der Waals surface area contributed by atoms with Crippen molar-refractivity contribution < 1.29 is 0 Å². The molecule has 60 heavy (non-hydrogen) atoms. The fraction of sp³-hybridized carbons (Fsp3) is 0.100. The Morgan fingerprint density at radius 1 is 0.250 bits per heavy atom. The Kier molecular flexibility index (Phi) is 7.42. The molecule has 2 aliphatic carbocycles. The first kappa shape index (κ1) is 35.0. The molecule has 0 amide bonds. The van der Waals surface area contributed by atoms with Gasteiger partial charge >= 0.3 is 0 Å². The molecule has 0 unspecified atom stereocenters. The first-order valence-corrected chi connectivity index (χ1v) is 21.3.